The number of halogens is 2. The number of hydrogen-bond acceptors (Lipinski definition) is 2. The van der Waals surface area contributed by atoms with E-state index >= 15 is 0 Å². The van der Waals surface area contributed by atoms with Crippen molar-refractivity contribution in [2.75, 3.05) is 5.32 Å². The SMILES string of the molecule is Cc1cc(O[C@@H](C)C(=O)Nc2ccc(F)cc2)ccc1Cl. The lowest BCUT2D eigenvalue weighted by molar-refractivity contribution is -0.122. The molecule has 0 unspecified atom stereocenters. The van der Waals surface area contributed by atoms with Crippen molar-refractivity contribution in [2.24, 2.45) is 0 Å². The molecule has 1 amide bonds. The zero-order valence-corrected chi connectivity index (χ0v) is 12.4. The summed E-state index contributed by atoms with van der Waals surface area (Å²) in [4.78, 5) is 12.0. The van der Waals surface area contributed by atoms with Crippen molar-refractivity contribution < 1.29 is 13.9 Å². The Kier molecular flexibility index (Phi) is 4.81. The minimum absolute atomic E-state index is 0.311. The lowest BCUT2D eigenvalue weighted by Crippen LogP contribution is -2.30. The molecule has 0 aliphatic carbocycles. The average Bonchev–Trinajstić information content (AvgIpc) is 2.45. The summed E-state index contributed by atoms with van der Waals surface area (Å²) in [6.45, 7) is 3.50. The summed E-state index contributed by atoms with van der Waals surface area (Å²) in [5.74, 6) is -0.0956. The Morgan fingerprint density at radius 2 is 1.90 bits per heavy atom. The second kappa shape index (κ2) is 6.59. The molecule has 0 heterocycles. The predicted octanol–water partition coefficient (Wildman–Crippen LogP) is 4.19. The van der Waals surface area contributed by atoms with Crippen molar-refractivity contribution in [3.63, 3.8) is 0 Å². The molecule has 0 radical (unpaired) electrons. The van der Waals surface area contributed by atoms with Crippen LogP contribution >= 0.6 is 11.6 Å². The van der Waals surface area contributed by atoms with E-state index in [0.29, 0.717) is 16.5 Å². The number of anilines is 1. The van der Waals surface area contributed by atoms with E-state index in [0.717, 1.165) is 5.56 Å². The Bertz CT molecular complexity index is 643. The molecule has 0 aliphatic rings. The van der Waals surface area contributed by atoms with Crippen molar-refractivity contribution in [1.82, 2.24) is 0 Å². The first-order valence-electron chi connectivity index (χ1n) is 6.45. The normalized spacial score (nSPS) is 11.8. The molecule has 2 rings (SSSR count). The highest BCUT2D eigenvalue weighted by molar-refractivity contribution is 6.31. The molecule has 0 saturated heterocycles. The quantitative estimate of drug-likeness (QED) is 0.919. The van der Waals surface area contributed by atoms with Gasteiger partial charge in [-0.05, 0) is 61.9 Å². The molecular weight excluding hydrogens is 293 g/mol. The highest BCUT2D eigenvalue weighted by atomic mass is 35.5. The third-order valence-electron chi connectivity index (χ3n) is 2.92. The fourth-order valence-corrected chi connectivity index (χ4v) is 1.84. The van der Waals surface area contributed by atoms with E-state index in [2.05, 4.69) is 5.32 Å². The number of aryl methyl sites for hydroxylation is 1. The fourth-order valence-electron chi connectivity index (χ4n) is 1.73. The molecule has 0 aromatic heterocycles. The minimum Gasteiger partial charge on any atom is -0.481 e. The highest BCUT2D eigenvalue weighted by Gasteiger charge is 2.15. The number of rotatable bonds is 4. The van der Waals surface area contributed by atoms with E-state index in [9.17, 15) is 9.18 Å². The summed E-state index contributed by atoms with van der Waals surface area (Å²) in [6.07, 6.45) is -0.685. The summed E-state index contributed by atoms with van der Waals surface area (Å²) in [6, 6.07) is 10.7. The average molecular weight is 308 g/mol. The standard InChI is InChI=1S/C16H15ClFNO2/c1-10-9-14(7-8-15(10)17)21-11(2)16(20)19-13-5-3-12(18)4-6-13/h3-9,11H,1-2H3,(H,19,20)/t11-/m0/s1. The van der Waals surface area contributed by atoms with Crippen molar-refractivity contribution in [3.05, 3.63) is 58.9 Å². The molecule has 3 nitrogen and oxygen atoms in total. The van der Waals surface area contributed by atoms with Gasteiger partial charge in [0.2, 0.25) is 0 Å². The van der Waals surface area contributed by atoms with Gasteiger partial charge in [-0.15, -0.1) is 0 Å². The van der Waals surface area contributed by atoms with Crippen LogP contribution in [0.4, 0.5) is 10.1 Å². The van der Waals surface area contributed by atoms with E-state index < -0.39 is 6.10 Å². The van der Waals surface area contributed by atoms with Crippen LogP contribution in [-0.4, -0.2) is 12.0 Å². The number of carbonyl (C=O) groups is 1. The van der Waals surface area contributed by atoms with E-state index in [1.54, 1.807) is 25.1 Å². The largest absolute Gasteiger partial charge is 0.481 e. The molecule has 2 aromatic carbocycles. The van der Waals surface area contributed by atoms with Crippen LogP contribution in [0.1, 0.15) is 12.5 Å². The van der Waals surface area contributed by atoms with Gasteiger partial charge in [0.25, 0.3) is 5.91 Å². The van der Waals surface area contributed by atoms with Gasteiger partial charge in [0, 0.05) is 10.7 Å². The number of carbonyl (C=O) groups excluding carboxylic acids is 1. The van der Waals surface area contributed by atoms with Gasteiger partial charge in [-0.2, -0.15) is 0 Å². The molecule has 1 N–H and O–H groups in total. The molecule has 0 bridgehead atoms. The molecule has 0 spiro atoms. The van der Waals surface area contributed by atoms with Crippen LogP contribution in [0.2, 0.25) is 5.02 Å². The Morgan fingerprint density at radius 3 is 2.52 bits per heavy atom. The smallest absolute Gasteiger partial charge is 0.265 e. The Labute approximate surface area is 127 Å². The molecule has 0 aliphatic heterocycles. The lowest BCUT2D eigenvalue weighted by Gasteiger charge is -2.15. The molecule has 110 valence electrons. The number of hydrogen-bond donors (Lipinski definition) is 1. The Morgan fingerprint density at radius 1 is 1.24 bits per heavy atom. The maximum absolute atomic E-state index is 12.8. The predicted molar refractivity (Wildman–Crippen MR) is 81.3 cm³/mol. The van der Waals surface area contributed by atoms with Crippen LogP contribution in [0, 0.1) is 12.7 Å². The molecule has 2 aromatic rings. The van der Waals surface area contributed by atoms with Gasteiger partial charge in [-0.25, -0.2) is 4.39 Å². The minimum atomic E-state index is -0.685. The van der Waals surface area contributed by atoms with Crippen LogP contribution in [0.5, 0.6) is 5.75 Å². The molecular formula is C16H15ClFNO2. The van der Waals surface area contributed by atoms with Crippen LogP contribution < -0.4 is 10.1 Å². The van der Waals surface area contributed by atoms with Crippen LogP contribution in [0.15, 0.2) is 42.5 Å². The van der Waals surface area contributed by atoms with E-state index in [1.165, 1.54) is 24.3 Å². The van der Waals surface area contributed by atoms with Crippen molar-refractivity contribution in [2.45, 2.75) is 20.0 Å². The van der Waals surface area contributed by atoms with Crippen molar-refractivity contribution >= 4 is 23.2 Å². The molecule has 1 atom stereocenters. The number of amides is 1. The molecule has 21 heavy (non-hydrogen) atoms. The summed E-state index contributed by atoms with van der Waals surface area (Å²) in [7, 11) is 0. The first-order chi connectivity index (χ1) is 9.95. The van der Waals surface area contributed by atoms with Crippen molar-refractivity contribution in [1.29, 1.82) is 0 Å². The topological polar surface area (TPSA) is 38.3 Å². The van der Waals surface area contributed by atoms with Gasteiger partial charge in [-0.3, -0.25) is 4.79 Å². The lowest BCUT2D eigenvalue weighted by atomic mass is 10.2. The second-order valence-electron chi connectivity index (χ2n) is 4.67. The van der Waals surface area contributed by atoms with Gasteiger partial charge in [0.15, 0.2) is 6.10 Å². The summed E-state index contributed by atoms with van der Waals surface area (Å²) in [5, 5.41) is 3.30. The summed E-state index contributed by atoms with van der Waals surface area (Å²) >= 11 is 5.93. The first kappa shape index (κ1) is 15.3. The van der Waals surface area contributed by atoms with Gasteiger partial charge in [0.05, 0.1) is 0 Å². The van der Waals surface area contributed by atoms with Crippen LogP contribution in [0.3, 0.4) is 0 Å². The molecule has 0 saturated carbocycles. The first-order valence-corrected chi connectivity index (χ1v) is 6.83. The van der Waals surface area contributed by atoms with Crippen LogP contribution in [-0.2, 0) is 4.79 Å². The van der Waals surface area contributed by atoms with Gasteiger partial charge >= 0.3 is 0 Å². The van der Waals surface area contributed by atoms with Crippen molar-refractivity contribution in [3.8, 4) is 5.75 Å². The monoisotopic (exact) mass is 307 g/mol. The Balaban J connectivity index is 1.98. The fraction of sp³-hybridized carbons (Fsp3) is 0.188. The number of nitrogens with one attached hydrogen (secondary N) is 1. The molecule has 5 heteroatoms. The third-order valence-corrected chi connectivity index (χ3v) is 3.35. The van der Waals surface area contributed by atoms with Gasteiger partial charge in [-0.1, -0.05) is 11.6 Å². The van der Waals surface area contributed by atoms with Gasteiger partial charge < -0.3 is 10.1 Å². The molecule has 0 fully saturated rings. The Hall–Kier alpha value is -2.07. The third kappa shape index (κ3) is 4.20. The number of ether oxygens (including phenoxy) is 1. The maximum Gasteiger partial charge on any atom is 0.265 e. The second-order valence-corrected chi connectivity index (χ2v) is 5.07. The van der Waals surface area contributed by atoms with E-state index in [-0.39, 0.29) is 11.7 Å². The maximum atomic E-state index is 12.8. The zero-order chi connectivity index (χ0) is 15.4. The highest BCUT2D eigenvalue weighted by Crippen LogP contribution is 2.22. The number of benzene rings is 2. The van der Waals surface area contributed by atoms with Crippen LogP contribution in [0.25, 0.3) is 0 Å². The summed E-state index contributed by atoms with van der Waals surface area (Å²) in [5.41, 5.74) is 1.39. The van der Waals surface area contributed by atoms with E-state index in [1.807, 2.05) is 6.92 Å². The van der Waals surface area contributed by atoms with Gasteiger partial charge in [0.1, 0.15) is 11.6 Å². The van der Waals surface area contributed by atoms with E-state index in [4.69, 9.17) is 16.3 Å². The summed E-state index contributed by atoms with van der Waals surface area (Å²) < 4.78 is 18.4. The zero-order valence-electron chi connectivity index (χ0n) is 11.7.